The lowest BCUT2D eigenvalue weighted by molar-refractivity contribution is 0.385. The third kappa shape index (κ3) is 2.99. The van der Waals surface area contributed by atoms with Crippen molar-refractivity contribution in [1.29, 1.82) is 0 Å². The van der Waals surface area contributed by atoms with Gasteiger partial charge in [-0.3, -0.25) is 5.10 Å². The van der Waals surface area contributed by atoms with E-state index in [1.165, 1.54) is 13.2 Å². The van der Waals surface area contributed by atoms with E-state index in [2.05, 4.69) is 15.5 Å². The molecule has 0 aliphatic heterocycles. The van der Waals surface area contributed by atoms with Crippen molar-refractivity contribution < 1.29 is 9.13 Å². The molecule has 0 radical (unpaired) electrons. The molecule has 1 aromatic carbocycles. The summed E-state index contributed by atoms with van der Waals surface area (Å²) in [6, 6.07) is 5.07. The molecule has 0 aliphatic carbocycles. The highest BCUT2D eigenvalue weighted by Crippen LogP contribution is 2.22. The van der Waals surface area contributed by atoms with Gasteiger partial charge < -0.3 is 10.1 Å². The van der Waals surface area contributed by atoms with Crippen LogP contribution in [0, 0.1) is 19.7 Å². The molecule has 4 nitrogen and oxygen atoms in total. The van der Waals surface area contributed by atoms with Gasteiger partial charge in [-0.15, -0.1) is 0 Å². The summed E-state index contributed by atoms with van der Waals surface area (Å²) >= 11 is 0. The zero-order valence-corrected chi connectivity index (χ0v) is 12.2. The van der Waals surface area contributed by atoms with Gasteiger partial charge in [-0.1, -0.05) is 6.07 Å². The first kappa shape index (κ1) is 14.5. The molecule has 20 heavy (non-hydrogen) atoms. The molecule has 1 heterocycles. The van der Waals surface area contributed by atoms with Crippen molar-refractivity contribution in [3.8, 4) is 5.75 Å². The second kappa shape index (κ2) is 6.05. The minimum atomic E-state index is -0.339. The van der Waals surface area contributed by atoms with Gasteiger partial charge >= 0.3 is 0 Å². The Balaban J connectivity index is 2.05. The van der Waals surface area contributed by atoms with Gasteiger partial charge in [0, 0.05) is 23.8 Å². The molecule has 0 fully saturated rings. The largest absolute Gasteiger partial charge is 0.494 e. The Labute approximate surface area is 118 Å². The quantitative estimate of drug-likeness (QED) is 0.883. The second-order valence-electron chi connectivity index (χ2n) is 4.91. The fraction of sp³-hybridized carbons (Fsp3) is 0.400. The van der Waals surface area contributed by atoms with Gasteiger partial charge in [-0.05, 0) is 38.5 Å². The Morgan fingerprint density at radius 1 is 1.40 bits per heavy atom. The van der Waals surface area contributed by atoms with Crippen molar-refractivity contribution in [1.82, 2.24) is 15.5 Å². The van der Waals surface area contributed by atoms with Gasteiger partial charge in [0.25, 0.3) is 0 Å². The number of halogens is 1. The highest BCUT2D eigenvalue weighted by Gasteiger charge is 2.11. The van der Waals surface area contributed by atoms with Crippen LogP contribution in [0.2, 0.25) is 0 Å². The molecule has 0 bridgehead atoms. The molecule has 0 aliphatic rings. The van der Waals surface area contributed by atoms with Gasteiger partial charge in [0.1, 0.15) is 0 Å². The summed E-state index contributed by atoms with van der Waals surface area (Å²) in [5.41, 5.74) is 4.10. The third-order valence-corrected chi connectivity index (χ3v) is 3.54. The van der Waals surface area contributed by atoms with Crippen molar-refractivity contribution in [3.05, 3.63) is 46.5 Å². The Morgan fingerprint density at radius 3 is 2.70 bits per heavy atom. The van der Waals surface area contributed by atoms with Crippen LogP contribution in [-0.4, -0.2) is 17.3 Å². The maximum Gasteiger partial charge on any atom is 0.165 e. The number of H-pyrrole nitrogens is 1. The van der Waals surface area contributed by atoms with Gasteiger partial charge in [0.05, 0.1) is 12.8 Å². The van der Waals surface area contributed by atoms with E-state index < -0.39 is 0 Å². The summed E-state index contributed by atoms with van der Waals surface area (Å²) in [4.78, 5) is 0. The number of rotatable bonds is 5. The van der Waals surface area contributed by atoms with Crippen molar-refractivity contribution in [2.24, 2.45) is 0 Å². The minimum Gasteiger partial charge on any atom is -0.494 e. The smallest absolute Gasteiger partial charge is 0.165 e. The first-order valence-electron chi connectivity index (χ1n) is 6.60. The third-order valence-electron chi connectivity index (χ3n) is 3.54. The molecule has 5 heteroatoms. The molecule has 1 aromatic heterocycles. The lowest BCUT2D eigenvalue weighted by Crippen LogP contribution is -2.19. The molecular weight excluding hydrogens is 257 g/mol. The molecule has 1 atom stereocenters. The van der Waals surface area contributed by atoms with Crippen LogP contribution in [0.1, 0.15) is 35.5 Å². The number of aromatic nitrogens is 2. The van der Waals surface area contributed by atoms with Gasteiger partial charge in [-0.25, -0.2) is 4.39 Å². The number of aryl methyl sites for hydroxylation is 2. The van der Waals surface area contributed by atoms with E-state index in [0.29, 0.717) is 6.54 Å². The predicted octanol–water partition coefficient (Wildman–Crippen LogP) is 3.03. The van der Waals surface area contributed by atoms with Gasteiger partial charge in [-0.2, -0.15) is 5.10 Å². The fourth-order valence-electron chi connectivity index (χ4n) is 2.16. The van der Waals surface area contributed by atoms with Crippen LogP contribution >= 0.6 is 0 Å². The van der Waals surface area contributed by atoms with E-state index in [1.54, 1.807) is 6.07 Å². The van der Waals surface area contributed by atoms with Gasteiger partial charge in [0.2, 0.25) is 0 Å². The molecule has 0 amide bonds. The number of hydrogen-bond donors (Lipinski definition) is 2. The minimum absolute atomic E-state index is 0.0455. The Hall–Kier alpha value is -1.88. The van der Waals surface area contributed by atoms with Crippen molar-refractivity contribution in [2.75, 3.05) is 7.11 Å². The van der Waals surface area contributed by atoms with Crippen LogP contribution in [-0.2, 0) is 6.54 Å². The maximum absolute atomic E-state index is 13.7. The second-order valence-corrected chi connectivity index (χ2v) is 4.91. The molecule has 0 saturated heterocycles. The SMILES string of the molecule is COc1ccc(C(C)NCc2c(C)n[nH]c2C)cc1F. The molecule has 2 rings (SSSR count). The van der Waals surface area contributed by atoms with Crippen molar-refractivity contribution in [3.63, 3.8) is 0 Å². The van der Waals surface area contributed by atoms with E-state index in [0.717, 1.165) is 22.5 Å². The molecule has 0 spiro atoms. The molecule has 2 N–H and O–H groups in total. The van der Waals surface area contributed by atoms with Crippen molar-refractivity contribution >= 4 is 0 Å². The normalized spacial score (nSPS) is 12.4. The Morgan fingerprint density at radius 2 is 2.15 bits per heavy atom. The standard InChI is InChI=1S/C15H20FN3O/c1-9(12-5-6-15(20-4)14(16)7-12)17-8-13-10(2)18-19-11(13)3/h5-7,9,17H,8H2,1-4H3,(H,18,19). The zero-order valence-electron chi connectivity index (χ0n) is 12.2. The van der Waals surface area contributed by atoms with Crippen molar-refractivity contribution in [2.45, 2.75) is 33.4 Å². The zero-order chi connectivity index (χ0) is 14.7. The number of benzene rings is 1. The molecule has 0 saturated carbocycles. The highest BCUT2D eigenvalue weighted by atomic mass is 19.1. The van der Waals surface area contributed by atoms with Crippen LogP contribution in [0.4, 0.5) is 4.39 Å². The average Bonchev–Trinajstić information content (AvgIpc) is 2.75. The van der Waals surface area contributed by atoms with Crippen LogP contribution < -0.4 is 10.1 Å². The molecular formula is C15H20FN3O. The maximum atomic E-state index is 13.7. The number of aromatic amines is 1. The van der Waals surface area contributed by atoms with E-state index in [-0.39, 0.29) is 17.6 Å². The summed E-state index contributed by atoms with van der Waals surface area (Å²) < 4.78 is 18.6. The molecule has 2 aromatic rings. The topological polar surface area (TPSA) is 49.9 Å². The lowest BCUT2D eigenvalue weighted by atomic mass is 10.1. The van der Waals surface area contributed by atoms with E-state index >= 15 is 0 Å². The number of ether oxygens (including phenoxy) is 1. The summed E-state index contributed by atoms with van der Waals surface area (Å²) in [5.74, 6) is -0.0724. The summed E-state index contributed by atoms with van der Waals surface area (Å²) in [5, 5.41) is 10.5. The highest BCUT2D eigenvalue weighted by molar-refractivity contribution is 5.31. The summed E-state index contributed by atoms with van der Waals surface area (Å²) in [6.45, 7) is 6.67. The number of hydrogen-bond acceptors (Lipinski definition) is 3. The molecule has 108 valence electrons. The van der Waals surface area contributed by atoms with E-state index in [1.807, 2.05) is 26.8 Å². The summed E-state index contributed by atoms with van der Waals surface area (Å²) in [6.07, 6.45) is 0. The molecule has 1 unspecified atom stereocenters. The van der Waals surface area contributed by atoms with Crippen LogP contribution in [0.3, 0.4) is 0 Å². The van der Waals surface area contributed by atoms with Crippen LogP contribution in [0.5, 0.6) is 5.75 Å². The lowest BCUT2D eigenvalue weighted by Gasteiger charge is -2.15. The van der Waals surface area contributed by atoms with E-state index in [9.17, 15) is 4.39 Å². The predicted molar refractivity (Wildman–Crippen MR) is 76.3 cm³/mol. The first-order chi connectivity index (χ1) is 9.52. The van der Waals surface area contributed by atoms with Crippen LogP contribution in [0.15, 0.2) is 18.2 Å². The number of nitrogens with zero attached hydrogens (tertiary/aromatic N) is 1. The summed E-state index contributed by atoms with van der Waals surface area (Å²) in [7, 11) is 1.46. The number of nitrogens with one attached hydrogen (secondary N) is 2. The van der Waals surface area contributed by atoms with Gasteiger partial charge in [0.15, 0.2) is 11.6 Å². The monoisotopic (exact) mass is 277 g/mol. The first-order valence-corrected chi connectivity index (χ1v) is 6.60. The average molecular weight is 277 g/mol. The Kier molecular flexibility index (Phi) is 4.39. The van der Waals surface area contributed by atoms with E-state index in [4.69, 9.17) is 4.74 Å². The Bertz CT molecular complexity index is 575. The fourth-order valence-corrected chi connectivity index (χ4v) is 2.16. The van der Waals surface area contributed by atoms with Crippen LogP contribution in [0.25, 0.3) is 0 Å². The number of methoxy groups -OCH3 is 1.